The topological polar surface area (TPSA) is 227 Å². The predicted molar refractivity (Wildman–Crippen MR) is 244 cm³/mol. The Kier molecular flexibility index (Phi) is 34.2. The molecule has 0 spiro atoms. The molecule has 1 rings (SSSR count). The Labute approximate surface area is 376 Å². The van der Waals surface area contributed by atoms with Crippen LogP contribution in [0.25, 0.3) is 0 Å². The van der Waals surface area contributed by atoms with E-state index in [2.05, 4.69) is 60.9 Å². The van der Waals surface area contributed by atoms with Crippen molar-refractivity contribution in [1.82, 2.24) is 0 Å². The van der Waals surface area contributed by atoms with Gasteiger partial charge in [0.1, 0.15) is 18.5 Å². The van der Waals surface area contributed by atoms with Gasteiger partial charge in [0.2, 0.25) is 0 Å². The van der Waals surface area contributed by atoms with E-state index >= 15 is 0 Å². The van der Waals surface area contributed by atoms with E-state index in [0.29, 0.717) is 25.7 Å². The second-order valence-corrected chi connectivity index (χ2v) is 17.5. The van der Waals surface area contributed by atoms with Crippen molar-refractivity contribution in [2.45, 2.75) is 173 Å². The lowest BCUT2D eigenvalue weighted by Crippen LogP contribution is -2.29. The number of ether oxygens (including phenoxy) is 2. The van der Waals surface area contributed by atoms with Crippen LogP contribution in [0, 0.1) is 11.8 Å². The number of hydrogen-bond acceptors (Lipinski definition) is 13. The molecule has 0 radical (unpaired) electrons. The molecule has 14 nitrogen and oxygen atoms in total. The minimum atomic E-state index is -4.75. The van der Waals surface area contributed by atoms with E-state index < -0.39 is 88.5 Å². The molecule has 15 heteroatoms. The van der Waals surface area contributed by atoms with Gasteiger partial charge in [0.05, 0.1) is 38.1 Å². The van der Waals surface area contributed by atoms with Gasteiger partial charge in [-0.05, 0) is 64.2 Å². The van der Waals surface area contributed by atoms with Crippen LogP contribution < -0.4 is 0 Å². The Morgan fingerprint density at radius 2 is 1.25 bits per heavy atom. The molecule has 63 heavy (non-hydrogen) atoms. The first-order chi connectivity index (χ1) is 30.3. The van der Waals surface area contributed by atoms with E-state index in [1.165, 1.54) is 19.3 Å². The number of hydrogen-bond donors (Lipinski definition) is 6. The van der Waals surface area contributed by atoms with Gasteiger partial charge in [-0.3, -0.25) is 23.4 Å². The lowest BCUT2D eigenvalue weighted by atomic mass is 9.87. The number of rotatable bonds is 38. The highest BCUT2D eigenvalue weighted by Gasteiger charge is 2.41. The van der Waals surface area contributed by atoms with Crippen molar-refractivity contribution in [3.63, 3.8) is 0 Å². The SMILES string of the molecule is CCCCC/C=C\C/C=C\C/C=C\C/C=C\C/C=C\CCC(=O)OC[C@H](COP(=O)(O)OC[C@@H](O)CO)OC(=O)CCCCC(=O)C[C@@H]1[C@@H](/C=C/[C@@H](O)CCCCC)[C@H](O)C[C@@H]1O. The molecule has 0 aliphatic heterocycles. The Morgan fingerprint density at radius 3 is 1.87 bits per heavy atom. The molecule has 1 unspecified atom stereocenters. The molecule has 1 fully saturated rings. The quantitative estimate of drug-likeness (QED) is 0.0149. The predicted octanol–water partition coefficient (Wildman–Crippen LogP) is 8.01. The number of aliphatic hydroxyl groups is 5. The average Bonchev–Trinajstić information content (AvgIpc) is 3.52. The second kappa shape index (κ2) is 37.2. The number of ketones is 1. The summed E-state index contributed by atoms with van der Waals surface area (Å²) in [6.07, 6.45) is 32.2. The fourth-order valence-electron chi connectivity index (χ4n) is 6.68. The van der Waals surface area contributed by atoms with Crippen LogP contribution >= 0.6 is 7.82 Å². The Balaban J connectivity index is 2.53. The standard InChI is InChI=1S/C48H79O14P/c1-3-5-7-8-9-10-11-12-13-14-15-16-17-18-19-20-21-22-24-29-47(55)59-37-42(38-61-63(57,58)60-36-41(52)35-49)62-48(56)30-26-25-28-40(51)33-44-43(45(53)34-46(44)54)32-31-39(50)27-23-6-4-2/h9-10,12-13,15-16,18-19,21-22,31-32,39,41-46,49-50,52-54H,3-8,11,14,17,20,23-30,33-38H2,1-2H3,(H,57,58)/b10-9-,13-12-,16-15-,19-18-,22-21-,32-31+/t39-,41-,42+,43+,44+,45+,46-/m0/s1. The van der Waals surface area contributed by atoms with Gasteiger partial charge < -0.3 is 39.9 Å². The third kappa shape index (κ3) is 31.5. The van der Waals surface area contributed by atoms with Crippen LogP contribution in [0.15, 0.2) is 72.9 Å². The third-order valence-corrected chi connectivity index (χ3v) is 11.3. The molecule has 360 valence electrons. The monoisotopic (exact) mass is 911 g/mol. The fourth-order valence-corrected chi connectivity index (χ4v) is 7.47. The minimum Gasteiger partial charge on any atom is -0.462 e. The van der Waals surface area contributed by atoms with Crippen LogP contribution in [0.2, 0.25) is 0 Å². The molecule has 1 aliphatic rings. The molecule has 0 aromatic rings. The summed E-state index contributed by atoms with van der Waals surface area (Å²) in [6.45, 7) is 1.71. The summed E-state index contributed by atoms with van der Waals surface area (Å²) in [6, 6.07) is 0. The van der Waals surface area contributed by atoms with E-state index in [4.69, 9.17) is 19.1 Å². The lowest BCUT2D eigenvalue weighted by molar-refractivity contribution is -0.161. The van der Waals surface area contributed by atoms with E-state index in [9.17, 15) is 44.3 Å². The first kappa shape index (κ1) is 58.0. The Bertz CT molecular complexity index is 1460. The van der Waals surface area contributed by atoms with Gasteiger partial charge in [0.25, 0.3) is 0 Å². The van der Waals surface area contributed by atoms with Crippen molar-refractivity contribution in [2.24, 2.45) is 11.8 Å². The molecule has 8 atom stereocenters. The maximum Gasteiger partial charge on any atom is 0.472 e. The summed E-state index contributed by atoms with van der Waals surface area (Å²) >= 11 is 0. The van der Waals surface area contributed by atoms with Crippen molar-refractivity contribution >= 4 is 25.5 Å². The number of esters is 2. The van der Waals surface area contributed by atoms with E-state index in [0.717, 1.165) is 44.9 Å². The van der Waals surface area contributed by atoms with E-state index in [1.807, 2.05) is 18.2 Å². The normalized spacial score (nSPS) is 20.8. The molecular formula is C48H79O14P. The van der Waals surface area contributed by atoms with Gasteiger partial charge in [0, 0.05) is 43.9 Å². The number of aliphatic hydroxyl groups excluding tert-OH is 5. The van der Waals surface area contributed by atoms with Crippen LogP contribution in [0.5, 0.6) is 0 Å². The summed E-state index contributed by atoms with van der Waals surface area (Å²) < 4.78 is 32.6. The minimum absolute atomic E-state index is 0.0359. The van der Waals surface area contributed by atoms with Crippen molar-refractivity contribution in [3.8, 4) is 0 Å². The van der Waals surface area contributed by atoms with E-state index in [1.54, 1.807) is 12.2 Å². The molecule has 0 heterocycles. The first-order valence-electron chi connectivity index (χ1n) is 23.1. The third-order valence-electron chi connectivity index (χ3n) is 10.3. The average molecular weight is 911 g/mol. The summed E-state index contributed by atoms with van der Waals surface area (Å²) in [4.78, 5) is 48.1. The molecule has 0 saturated heterocycles. The molecule has 1 aliphatic carbocycles. The molecule has 0 bridgehead atoms. The highest BCUT2D eigenvalue weighted by molar-refractivity contribution is 7.47. The largest absolute Gasteiger partial charge is 0.472 e. The van der Waals surface area contributed by atoms with Crippen molar-refractivity contribution in [1.29, 1.82) is 0 Å². The van der Waals surface area contributed by atoms with Gasteiger partial charge in [-0.25, -0.2) is 4.57 Å². The smallest absolute Gasteiger partial charge is 0.462 e. The summed E-state index contributed by atoms with van der Waals surface area (Å²) in [5, 5.41) is 49.7. The van der Waals surface area contributed by atoms with Crippen molar-refractivity contribution in [2.75, 3.05) is 26.4 Å². The summed E-state index contributed by atoms with van der Waals surface area (Å²) in [7, 11) is -4.75. The molecule has 6 N–H and O–H groups in total. The van der Waals surface area contributed by atoms with Gasteiger partial charge in [-0.15, -0.1) is 0 Å². The van der Waals surface area contributed by atoms with Gasteiger partial charge in [0.15, 0.2) is 6.10 Å². The summed E-state index contributed by atoms with van der Waals surface area (Å²) in [5.41, 5.74) is 0. The van der Waals surface area contributed by atoms with Crippen LogP contribution in [0.4, 0.5) is 0 Å². The lowest BCUT2D eigenvalue weighted by Gasteiger charge is -2.21. The number of carbonyl (C=O) groups excluding carboxylic acids is 3. The molecule has 0 aromatic heterocycles. The Hall–Kier alpha value is -3.04. The first-order valence-corrected chi connectivity index (χ1v) is 24.6. The number of phosphoric ester groups is 1. The second-order valence-electron chi connectivity index (χ2n) is 16.0. The zero-order chi connectivity index (χ0) is 46.6. The van der Waals surface area contributed by atoms with Crippen LogP contribution in [0.1, 0.15) is 142 Å². The zero-order valence-corrected chi connectivity index (χ0v) is 38.7. The van der Waals surface area contributed by atoms with Crippen LogP contribution in [0.3, 0.4) is 0 Å². The summed E-state index contributed by atoms with van der Waals surface area (Å²) in [5.74, 6) is -2.42. The molecular weight excluding hydrogens is 831 g/mol. The van der Waals surface area contributed by atoms with Gasteiger partial charge in [-0.2, -0.15) is 0 Å². The Morgan fingerprint density at radius 1 is 0.683 bits per heavy atom. The maximum absolute atomic E-state index is 12.9. The molecule has 1 saturated carbocycles. The number of Topliss-reactive ketones (excluding diaryl/α,β-unsaturated/α-hetero) is 1. The fraction of sp³-hybridized carbons (Fsp3) is 0.688. The van der Waals surface area contributed by atoms with Crippen molar-refractivity contribution < 1.29 is 67.9 Å². The molecule has 0 aromatic carbocycles. The van der Waals surface area contributed by atoms with E-state index in [-0.39, 0.29) is 44.3 Å². The number of carbonyl (C=O) groups is 3. The number of allylic oxidation sites excluding steroid dienone is 10. The van der Waals surface area contributed by atoms with Crippen molar-refractivity contribution in [3.05, 3.63) is 72.9 Å². The van der Waals surface area contributed by atoms with Crippen LogP contribution in [-0.4, -0.2) is 105 Å². The van der Waals surface area contributed by atoms with Gasteiger partial charge >= 0.3 is 19.8 Å². The maximum atomic E-state index is 12.9. The highest BCUT2D eigenvalue weighted by Crippen LogP contribution is 2.43. The van der Waals surface area contributed by atoms with Gasteiger partial charge in [-0.1, -0.05) is 119 Å². The zero-order valence-electron chi connectivity index (χ0n) is 37.8. The number of unbranched alkanes of at least 4 members (excludes halogenated alkanes) is 6. The molecule has 0 amide bonds. The number of phosphoric acid groups is 1. The van der Waals surface area contributed by atoms with Crippen LogP contribution in [-0.2, 0) is 37.5 Å². The highest BCUT2D eigenvalue weighted by atomic mass is 31.2.